The molecule has 18 heavy (non-hydrogen) atoms. The summed E-state index contributed by atoms with van der Waals surface area (Å²) in [4.78, 5) is 4.39. The predicted molar refractivity (Wildman–Crippen MR) is 77.8 cm³/mol. The van der Waals surface area contributed by atoms with Gasteiger partial charge in [0, 0.05) is 17.1 Å². The van der Waals surface area contributed by atoms with E-state index in [0.29, 0.717) is 0 Å². The maximum absolute atomic E-state index is 4.39. The van der Waals surface area contributed by atoms with Crippen molar-refractivity contribution in [2.45, 2.75) is 39.2 Å². The first-order chi connectivity index (χ1) is 8.54. The van der Waals surface area contributed by atoms with E-state index in [4.69, 9.17) is 0 Å². The van der Waals surface area contributed by atoms with Gasteiger partial charge in [-0.15, -0.1) is 0 Å². The summed E-state index contributed by atoms with van der Waals surface area (Å²) in [6.07, 6.45) is 4.12. The van der Waals surface area contributed by atoms with Gasteiger partial charge in [0.2, 0.25) is 0 Å². The first-order valence-corrected chi connectivity index (χ1v) is 6.63. The molecule has 0 fully saturated rings. The number of nitrogens with one attached hydrogen (secondary N) is 1. The van der Waals surface area contributed by atoms with Crippen LogP contribution >= 0.6 is 0 Å². The fraction of sp³-hybridized carbons (Fsp3) is 0.438. The number of nitrogens with zero attached hydrogens (tertiary/aromatic N) is 1. The van der Waals surface area contributed by atoms with Crippen molar-refractivity contribution in [3.8, 4) is 0 Å². The number of benzene rings is 1. The van der Waals surface area contributed by atoms with Crippen LogP contribution in [0, 0.1) is 0 Å². The fourth-order valence-electron chi connectivity index (χ4n) is 2.02. The van der Waals surface area contributed by atoms with Gasteiger partial charge in [-0.05, 0) is 57.9 Å². The average molecular weight is 242 g/mol. The number of hydrogen-bond donors (Lipinski definition) is 1. The van der Waals surface area contributed by atoms with Gasteiger partial charge in [-0.2, -0.15) is 0 Å². The standard InChI is InChI=1S/C16H22N2/c1-16(2,3)18-11-4-6-13-8-9-14-7-5-10-17-15(14)12-13/h5,7-10,12,18H,4,6,11H2,1-3H3. The van der Waals surface area contributed by atoms with E-state index in [9.17, 15) is 0 Å². The molecule has 0 aliphatic heterocycles. The van der Waals surface area contributed by atoms with Gasteiger partial charge in [-0.3, -0.25) is 4.98 Å². The number of hydrogen-bond acceptors (Lipinski definition) is 2. The molecule has 1 aromatic heterocycles. The Hall–Kier alpha value is -1.41. The topological polar surface area (TPSA) is 24.9 Å². The molecule has 0 saturated carbocycles. The van der Waals surface area contributed by atoms with Crippen molar-refractivity contribution in [1.29, 1.82) is 0 Å². The third-order valence-corrected chi connectivity index (χ3v) is 2.97. The molecule has 2 aromatic rings. The summed E-state index contributed by atoms with van der Waals surface area (Å²) >= 11 is 0. The van der Waals surface area contributed by atoms with E-state index in [2.05, 4.69) is 55.3 Å². The van der Waals surface area contributed by atoms with Crippen LogP contribution in [0.25, 0.3) is 10.9 Å². The Morgan fingerprint density at radius 2 is 2.00 bits per heavy atom. The van der Waals surface area contributed by atoms with Gasteiger partial charge >= 0.3 is 0 Å². The molecule has 2 heteroatoms. The zero-order valence-electron chi connectivity index (χ0n) is 11.5. The number of aryl methyl sites for hydroxylation is 1. The second kappa shape index (κ2) is 5.49. The molecule has 96 valence electrons. The lowest BCUT2D eigenvalue weighted by atomic mass is 10.1. The summed E-state index contributed by atoms with van der Waals surface area (Å²) in [5.41, 5.74) is 2.68. The zero-order valence-corrected chi connectivity index (χ0v) is 11.5. The van der Waals surface area contributed by atoms with Gasteiger partial charge in [-0.1, -0.05) is 18.2 Å². The third-order valence-electron chi connectivity index (χ3n) is 2.97. The van der Waals surface area contributed by atoms with Crippen LogP contribution in [-0.4, -0.2) is 17.1 Å². The van der Waals surface area contributed by atoms with Gasteiger partial charge < -0.3 is 5.32 Å². The molecule has 2 nitrogen and oxygen atoms in total. The van der Waals surface area contributed by atoms with Gasteiger partial charge in [0.05, 0.1) is 5.52 Å². The molecule has 0 amide bonds. The molecular formula is C16H22N2. The second-order valence-corrected chi connectivity index (χ2v) is 5.81. The highest BCUT2D eigenvalue weighted by atomic mass is 14.9. The molecule has 0 bridgehead atoms. The van der Waals surface area contributed by atoms with Crippen molar-refractivity contribution in [2.24, 2.45) is 0 Å². The van der Waals surface area contributed by atoms with E-state index in [1.807, 2.05) is 12.3 Å². The van der Waals surface area contributed by atoms with E-state index in [1.165, 1.54) is 10.9 Å². The molecule has 0 aliphatic rings. The Balaban J connectivity index is 1.92. The van der Waals surface area contributed by atoms with E-state index in [-0.39, 0.29) is 5.54 Å². The molecule has 0 radical (unpaired) electrons. The number of pyridine rings is 1. The Morgan fingerprint density at radius 3 is 2.78 bits per heavy atom. The highest BCUT2D eigenvalue weighted by Gasteiger charge is 2.07. The highest BCUT2D eigenvalue weighted by molar-refractivity contribution is 5.78. The molecule has 0 aliphatic carbocycles. The minimum atomic E-state index is 0.213. The Kier molecular flexibility index (Phi) is 3.97. The van der Waals surface area contributed by atoms with Gasteiger partial charge in [0.15, 0.2) is 0 Å². The molecule has 0 unspecified atom stereocenters. The number of aromatic nitrogens is 1. The minimum Gasteiger partial charge on any atom is -0.312 e. The second-order valence-electron chi connectivity index (χ2n) is 5.81. The van der Waals surface area contributed by atoms with E-state index >= 15 is 0 Å². The van der Waals surface area contributed by atoms with Crippen LogP contribution in [-0.2, 0) is 6.42 Å². The van der Waals surface area contributed by atoms with E-state index < -0.39 is 0 Å². The maximum atomic E-state index is 4.39. The fourth-order valence-corrected chi connectivity index (χ4v) is 2.02. The lowest BCUT2D eigenvalue weighted by Crippen LogP contribution is -2.36. The lowest BCUT2D eigenvalue weighted by Gasteiger charge is -2.20. The van der Waals surface area contributed by atoms with Crippen molar-refractivity contribution >= 4 is 10.9 Å². The van der Waals surface area contributed by atoms with Crippen LogP contribution in [0.4, 0.5) is 0 Å². The van der Waals surface area contributed by atoms with Crippen molar-refractivity contribution in [3.63, 3.8) is 0 Å². The van der Waals surface area contributed by atoms with Crippen molar-refractivity contribution < 1.29 is 0 Å². The van der Waals surface area contributed by atoms with Crippen molar-refractivity contribution in [1.82, 2.24) is 10.3 Å². The molecule has 0 spiro atoms. The summed E-state index contributed by atoms with van der Waals surface area (Å²) < 4.78 is 0. The number of rotatable bonds is 4. The largest absolute Gasteiger partial charge is 0.312 e. The van der Waals surface area contributed by atoms with Crippen LogP contribution in [0.1, 0.15) is 32.8 Å². The van der Waals surface area contributed by atoms with E-state index in [0.717, 1.165) is 24.9 Å². The monoisotopic (exact) mass is 242 g/mol. The summed E-state index contributed by atoms with van der Waals surface area (Å²) in [6.45, 7) is 7.66. The number of fused-ring (bicyclic) bond motifs is 1. The van der Waals surface area contributed by atoms with Gasteiger partial charge in [-0.25, -0.2) is 0 Å². The molecule has 1 aromatic carbocycles. The highest BCUT2D eigenvalue weighted by Crippen LogP contribution is 2.14. The normalized spacial score (nSPS) is 11.9. The molecule has 0 saturated heterocycles. The van der Waals surface area contributed by atoms with Crippen LogP contribution in [0.2, 0.25) is 0 Å². The molecule has 2 rings (SSSR count). The minimum absolute atomic E-state index is 0.213. The zero-order chi connectivity index (χ0) is 13.0. The van der Waals surface area contributed by atoms with Gasteiger partial charge in [0.25, 0.3) is 0 Å². The van der Waals surface area contributed by atoms with Crippen LogP contribution in [0.3, 0.4) is 0 Å². The quantitative estimate of drug-likeness (QED) is 0.829. The summed E-state index contributed by atoms with van der Waals surface area (Å²) in [5, 5.41) is 4.73. The van der Waals surface area contributed by atoms with E-state index in [1.54, 1.807) is 0 Å². The van der Waals surface area contributed by atoms with Crippen molar-refractivity contribution in [3.05, 3.63) is 42.1 Å². The van der Waals surface area contributed by atoms with Gasteiger partial charge in [0.1, 0.15) is 0 Å². The molecule has 1 heterocycles. The summed E-state index contributed by atoms with van der Waals surface area (Å²) in [7, 11) is 0. The Morgan fingerprint density at radius 1 is 1.17 bits per heavy atom. The summed E-state index contributed by atoms with van der Waals surface area (Å²) in [6, 6.07) is 10.7. The van der Waals surface area contributed by atoms with Crippen LogP contribution < -0.4 is 5.32 Å². The first kappa shape index (κ1) is 13.0. The van der Waals surface area contributed by atoms with Crippen LogP contribution in [0.5, 0.6) is 0 Å². The van der Waals surface area contributed by atoms with Crippen LogP contribution in [0.15, 0.2) is 36.5 Å². The molecule has 1 N–H and O–H groups in total. The molecular weight excluding hydrogens is 220 g/mol. The average Bonchev–Trinajstić information content (AvgIpc) is 2.33. The smallest absolute Gasteiger partial charge is 0.0704 e. The first-order valence-electron chi connectivity index (χ1n) is 6.63. The maximum Gasteiger partial charge on any atom is 0.0704 e. The summed E-state index contributed by atoms with van der Waals surface area (Å²) in [5.74, 6) is 0. The predicted octanol–water partition coefficient (Wildman–Crippen LogP) is 3.56. The Bertz CT molecular complexity index is 512. The van der Waals surface area contributed by atoms with Crippen molar-refractivity contribution in [2.75, 3.05) is 6.54 Å². The molecule has 0 atom stereocenters. The third kappa shape index (κ3) is 3.81. The lowest BCUT2D eigenvalue weighted by molar-refractivity contribution is 0.422. The Labute approximate surface area is 109 Å². The SMILES string of the molecule is CC(C)(C)NCCCc1ccc2cccnc2c1.